The topological polar surface area (TPSA) is 71.3 Å². The lowest BCUT2D eigenvalue weighted by molar-refractivity contribution is 0.0936. The Bertz CT molecular complexity index is 934. The van der Waals surface area contributed by atoms with Crippen molar-refractivity contribution in [1.82, 2.24) is 5.32 Å². The molecule has 28 heavy (non-hydrogen) atoms. The maximum Gasteiger partial charge on any atom is 0.291 e. The molecule has 1 aromatic heterocycles. The lowest BCUT2D eigenvalue weighted by atomic mass is 10.1. The second kappa shape index (κ2) is 9.04. The van der Waals surface area contributed by atoms with Crippen molar-refractivity contribution in [3.8, 4) is 0 Å². The molecule has 1 unspecified atom stereocenters. The molecule has 5 nitrogen and oxygen atoms in total. The average molecular weight is 376 g/mol. The average Bonchev–Trinajstić information content (AvgIpc) is 3.24. The minimum Gasteiger partial charge on any atom is -0.459 e. The van der Waals surface area contributed by atoms with Gasteiger partial charge in [0.25, 0.3) is 11.8 Å². The Kier molecular flexibility index (Phi) is 6.27. The summed E-state index contributed by atoms with van der Waals surface area (Å²) >= 11 is 0. The Balaban J connectivity index is 1.61. The van der Waals surface area contributed by atoms with Crippen LogP contribution in [0.25, 0.3) is 0 Å². The highest BCUT2D eigenvalue weighted by Gasteiger charge is 2.14. The van der Waals surface area contributed by atoms with E-state index in [0.29, 0.717) is 11.3 Å². The van der Waals surface area contributed by atoms with E-state index in [-0.39, 0.29) is 23.6 Å². The monoisotopic (exact) mass is 376 g/mol. The van der Waals surface area contributed by atoms with E-state index in [4.69, 9.17) is 4.42 Å². The second-order valence-electron chi connectivity index (χ2n) is 6.86. The maximum atomic E-state index is 12.6. The molecule has 3 aromatic rings. The fraction of sp³-hybridized carbons (Fsp3) is 0.217. The molecule has 0 radical (unpaired) electrons. The standard InChI is InChI=1S/C23H24N2O3/c1-16-10-13-19(15-20(16)25-23(27)21-9-6-14-28-21)22(26)24-17(2)11-12-18-7-4-3-5-8-18/h3-10,13-15,17H,11-12H2,1-2H3,(H,24,26)(H,25,27). The van der Waals surface area contributed by atoms with Crippen LogP contribution in [0.2, 0.25) is 0 Å². The van der Waals surface area contributed by atoms with Crippen molar-refractivity contribution < 1.29 is 14.0 Å². The number of furan rings is 1. The Morgan fingerprint density at radius 2 is 1.79 bits per heavy atom. The van der Waals surface area contributed by atoms with Crippen molar-refractivity contribution in [2.24, 2.45) is 0 Å². The maximum absolute atomic E-state index is 12.6. The molecule has 0 bridgehead atoms. The summed E-state index contributed by atoms with van der Waals surface area (Å²) in [6, 6.07) is 18.8. The number of anilines is 1. The summed E-state index contributed by atoms with van der Waals surface area (Å²) in [4.78, 5) is 24.8. The van der Waals surface area contributed by atoms with Gasteiger partial charge in [-0.2, -0.15) is 0 Å². The van der Waals surface area contributed by atoms with Crippen molar-refractivity contribution in [3.05, 3.63) is 89.4 Å². The number of benzene rings is 2. The molecule has 0 fully saturated rings. The summed E-state index contributed by atoms with van der Waals surface area (Å²) in [6.07, 6.45) is 3.20. The van der Waals surface area contributed by atoms with Crippen LogP contribution in [0, 0.1) is 6.92 Å². The molecule has 0 aliphatic carbocycles. The normalized spacial score (nSPS) is 11.6. The number of hydrogen-bond acceptors (Lipinski definition) is 3. The smallest absolute Gasteiger partial charge is 0.291 e. The molecule has 3 rings (SSSR count). The molecular formula is C23H24N2O3. The van der Waals surface area contributed by atoms with Crippen LogP contribution in [0.1, 0.15) is 45.4 Å². The fourth-order valence-electron chi connectivity index (χ4n) is 2.90. The van der Waals surface area contributed by atoms with Gasteiger partial charge in [-0.1, -0.05) is 36.4 Å². The summed E-state index contributed by atoms with van der Waals surface area (Å²) in [5.41, 5.74) is 3.22. The first kappa shape index (κ1) is 19.4. The third-order valence-electron chi connectivity index (χ3n) is 4.58. The van der Waals surface area contributed by atoms with Crippen LogP contribution in [-0.4, -0.2) is 17.9 Å². The number of nitrogens with one attached hydrogen (secondary N) is 2. The molecule has 2 aromatic carbocycles. The highest BCUT2D eigenvalue weighted by atomic mass is 16.3. The first-order valence-electron chi connectivity index (χ1n) is 9.33. The van der Waals surface area contributed by atoms with E-state index in [2.05, 4.69) is 22.8 Å². The van der Waals surface area contributed by atoms with Crippen LogP contribution in [0.5, 0.6) is 0 Å². The van der Waals surface area contributed by atoms with E-state index in [1.165, 1.54) is 11.8 Å². The minimum absolute atomic E-state index is 0.0372. The third kappa shape index (κ3) is 5.10. The quantitative estimate of drug-likeness (QED) is 0.633. The van der Waals surface area contributed by atoms with Gasteiger partial charge in [-0.15, -0.1) is 0 Å². The Labute approximate surface area is 164 Å². The minimum atomic E-state index is -0.345. The summed E-state index contributed by atoms with van der Waals surface area (Å²) in [5.74, 6) is -0.278. The number of amides is 2. The molecule has 0 saturated heterocycles. The molecule has 2 N–H and O–H groups in total. The first-order chi connectivity index (χ1) is 13.5. The molecule has 2 amide bonds. The van der Waals surface area contributed by atoms with Crippen LogP contribution in [0.4, 0.5) is 5.69 Å². The zero-order chi connectivity index (χ0) is 19.9. The first-order valence-corrected chi connectivity index (χ1v) is 9.33. The highest BCUT2D eigenvalue weighted by molar-refractivity contribution is 6.03. The summed E-state index contributed by atoms with van der Waals surface area (Å²) in [5, 5.41) is 5.82. The van der Waals surface area contributed by atoms with Gasteiger partial charge in [0.1, 0.15) is 0 Å². The third-order valence-corrected chi connectivity index (χ3v) is 4.58. The number of hydrogen-bond donors (Lipinski definition) is 2. The Morgan fingerprint density at radius 1 is 1.00 bits per heavy atom. The van der Waals surface area contributed by atoms with Gasteiger partial charge in [0, 0.05) is 17.3 Å². The summed E-state index contributed by atoms with van der Waals surface area (Å²) < 4.78 is 5.11. The van der Waals surface area contributed by atoms with E-state index < -0.39 is 0 Å². The van der Waals surface area contributed by atoms with Gasteiger partial charge in [0.2, 0.25) is 0 Å². The fourth-order valence-corrected chi connectivity index (χ4v) is 2.90. The van der Waals surface area contributed by atoms with E-state index in [1.54, 1.807) is 24.3 Å². The SMILES string of the molecule is Cc1ccc(C(=O)NC(C)CCc2ccccc2)cc1NC(=O)c1ccco1. The largest absolute Gasteiger partial charge is 0.459 e. The number of rotatable bonds is 7. The van der Waals surface area contributed by atoms with Gasteiger partial charge in [-0.05, 0) is 62.1 Å². The number of carbonyl (C=O) groups is 2. The summed E-state index contributed by atoms with van der Waals surface area (Å²) in [6.45, 7) is 3.87. The second-order valence-corrected chi connectivity index (χ2v) is 6.86. The molecule has 144 valence electrons. The van der Waals surface area contributed by atoms with Crippen molar-refractivity contribution in [2.45, 2.75) is 32.7 Å². The van der Waals surface area contributed by atoms with E-state index in [9.17, 15) is 9.59 Å². The zero-order valence-corrected chi connectivity index (χ0v) is 16.1. The number of aryl methyl sites for hydroxylation is 2. The lowest BCUT2D eigenvalue weighted by Crippen LogP contribution is -2.33. The molecule has 1 atom stereocenters. The van der Waals surface area contributed by atoms with Crippen molar-refractivity contribution in [2.75, 3.05) is 5.32 Å². The summed E-state index contributed by atoms with van der Waals surface area (Å²) in [7, 11) is 0. The van der Waals surface area contributed by atoms with Gasteiger partial charge in [0.05, 0.1) is 6.26 Å². The molecule has 0 spiro atoms. The molecule has 0 aliphatic rings. The van der Waals surface area contributed by atoms with E-state index >= 15 is 0 Å². The molecule has 5 heteroatoms. The highest BCUT2D eigenvalue weighted by Crippen LogP contribution is 2.18. The van der Waals surface area contributed by atoms with Crippen LogP contribution >= 0.6 is 0 Å². The molecule has 0 saturated carbocycles. The molecule has 1 heterocycles. The van der Waals surface area contributed by atoms with Gasteiger partial charge >= 0.3 is 0 Å². The predicted octanol–water partition coefficient (Wildman–Crippen LogP) is 4.59. The van der Waals surface area contributed by atoms with Crippen LogP contribution in [0.3, 0.4) is 0 Å². The zero-order valence-electron chi connectivity index (χ0n) is 16.1. The van der Waals surface area contributed by atoms with Crippen LogP contribution in [0.15, 0.2) is 71.3 Å². The van der Waals surface area contributed by atoms with Gasteiger partial charge in [0.15, 0.2) is 5.76 Å². The van der Waals surface area contributed by atoms with Crippen LogP contribution in [-0.2, 0) is 6.42 Å². The predicted molar refractivity (Wildman–Crippen MR) is 110 cm³/mol. The molecule has 0 aliphatic heterocycles. The van der Waals surface area contributed by atoms with E-state index in [1.807, 2.05) is 38.1 Å². The van der Waals surface area contributed by atoms with Gasteiger partial charge in [-0.25, -0.2) is 0 Å². The lowest BCUT2D eigenvalue weighted by Gasteiger charge is -2.15. The van der Waals surface area contributed by atoms with Gasteiger partial charge < -0.3 is 15.1 Å². The Hall–Kier alpha value is -3.34. The van der Waals surface area contributed by atoms with Gasteiger partial charge in [-0.3, -0.25) is 9.59 Å². The van der Waals surface area contributed by atoms with E-state index in [0.717, 1.165) is 18.4 Å². The Morgan fingerprint density at radius 3 is 2.50 bits per heavy atom. The van der Waals surface area contributed by atoms with Crippen LogP contribution < -0.4 is 10.6 Å². The number of carbonyl (C=O) groups excluding carboxylic acids is 2. The van der Waals surface area contributed by atoms with Crippen molar-refractivity contribution >= 4 is 17.5 Å². The van der Waals surface area contributed by atoms with Crippen molar-refractivity contribution in [3.63, 3.8) is 0 Å². The molecular weight excluding hydrogens is 352 g/mol. The van der Waals surface area contributed by atoms with Crippen molar-refractivity contribution in [1.29, 1.82) is 0 Å².